The van der Waals surface area contributed by atoms with E-state index in [1.54, 1.807) is 37.4 Å². The Hall–Kier alpha value is -3.98. The number of methoxy groups -OCH3 is 1. The van der Waals surface area contributed by atoms with Crippen molar-refractivity contribution in [1.29, 1.82) is 0 Å². The van der Waals surface area contributed by atoms with Crippen LogP contribution < -0.4 is 4.74 Å². The van der Waals surface area contributed by atoms with E-state index in [-0.39, 0.29) is 27.7 Å². The van der Waals surface area contributed by atoms with Gasteiger partial charge >= 0.3 is 12.1 Å². The van der Waals surface area contributed by atoms with E-state index in [9.17, 15) is 23.1 Å². The number of halogens is 4. The summed E-state index contributed by atoms with van der Waals surface area (Å²) in [6, 6.07) is 15.0. The van der Waals surface area contributed by atoms with Crippen LogP contribution in [0.2, 0.25) is 0 Å². The van der Waals surface area contributed by atoms with Crippen molar-refractivity contribution in [2.24, 2.45) is 0 Å². The van der Waals surface area contributed by atoms with Gasteiger partial charge in [0.1, 0.15) is 18.2 Å². The van der Waals surface area contributed by atoms with Crippen LogP contribution in [0.1, 0.15) is 15.9 Å². The van der Waals surface area contributed by atoms with E-state index >= 15 is 4.39 Å². The van der Waals surface area contributed by atoms with Crippen molar-refractivity contribution in [3.05, 3.63) is 83.7 Å². The Balaban J connectivity index is 1.69. The number of alkyl halides is 3. The molecule has 1 heterocycles. The van der Waals surface area contributed by atoms with Gasteiger partial charge in [0.25, 0.3) is 0 Å². The second-order valence-electron chi connectivity index (χ2n) is 7.65. The highest BCUT2D eigenvalue weighted by molar-refractivity contribution is 6.04. The van der Waals surface area contributed by atoms with Crippen molar-refractivity contribution >= 4 is 16.9 Å². The molecule has 35 heavy (non-hydrogen) atoms. The lowest BCUT2D eigenvalue weighted by Gasteiger charge is -2.12. The average Bonchev–Trinajstić information content (AvgIpc) is 2.83. The quantitative estimate of drug-likeness (QED) is 0.241. The van der Waals surface area contributed by atoms with Crippen LogP contribution in [-0.4, -0.2) is 36.4 Å². The molecule has 0 unspecified atom stereocenters. The van der Waals surface area contributed by atoms with Gasteiger partial charge in [0.05, 0.1) is 28.9 Å². The molecule has 5 nitrogen and oxygen atoms in total. The zero-order valence-electron chi connectivity index (χ0n) is 18.4. The molecule has 1 N–H and O–H groups in total. The Kier molecular flexibility index (Phi) is 6.70. The van der Waals surface area contributed by atoms with E-state index in [1.807, 2.05) is 0 Å². The summed E-state index contributed by atoms with van der Waals surface area (Å²) < 4.78 is 64.7. The molecule has 0 bridgehead atoms. The molecule has 0 aliphatic heterocycles. The number of carbonyl (C=O) groups is 1. The van der Waals surface area contributed by atoms with Crippen molar-refractivity contribution in [2.45, 2.75) is 6.18 Å². The Labute approximate surface area is 197 Å². The van der Waals surface area contributed by atoms with Gasteiger partial charge in [-0.15, -0.1) is 0 Å². The maximum absolute atomic E-state index is 15.0. The molecule has 0 radical (unpaired) electrons. The van der Waals surface area contributed by atoms with Gasteiger partial charge in [-0.1, -0.05) is 24.3 Å². The summed E-state index contributed by atoms with van der Waals surface area (Å²) in [6.45, 7) is 0.821. The van der Waals surface area contributed by atoms with Gasteiger partial charge in [-0.3, -0.25) is 0 Å². The number of fused-ring (bicyclic) bond motifs is 1. The summed E-state index contributed by atoms with van der Waals surface area (Å²) in [7, 11) is 1.57. The average molecular weight is 485 g/mol. The minimum Gasteiger partial charge on any atom is -0.491 e. The largest absolute Gasteiger partial charge is 0.491 e. The molecule has 0 aliphatic carbocycles. The van der Waals surface area contributed by atoms with Gasteiger partial charge in [-0.25, -0.2) is 14.2 Å². The number of hydrogen-bond acceptors (Lipinski definition) is 4. The normalized spacial score (nSPS) is 11.6. The fraction of sp³-hybridized carbons (Fsp3) is 0.154. The molecular weight excluding hydrogens is 466 g/mol. The lowest BCUT2D eigenvalue weighted by molar-refractivity contribution is -0.137. The number of carboxylic acid groups (broad SMARTS) is 1. The van der Waals surface area contributed by atoms with Gasteiger partial charge in [0.2, 0.25) is 0 Å². The molecule has 0 aliphatic rings. The molecule has 4 rings (SSSR count). The van der Waals surface area contributed by atoms with Crippen molar-refractivity contribution in [2.75, 3.05) is 20.3 Å². The predicted molar refractivity (Wildman–Crippen MR) is 122 cm³/mol. The molecule has 0 spiro atoms. The number of aromatic nitrogens is 1. The highest BCUT2D eigenvalue weighted by Crippen LogP contribution is 2.34. The summed E-state index contributed by atoms with van der Waals surface area (Å²) in [5.41, 5.74) is 0.0486. The third kappa shape index (κ3) is 5.25. The van der Waals surface area contributed by atoms with Crippen LogP contribution >= 0.6 is 0 Å². The van der Waals surface area contributed by atoms with Crippen LogP contribution in [0.4, 0.5) is 17.6 Å². The molecule has 0 saturated carbocycles. The van der Waals surface area contributed by atoms with Crippen LogP contribution in [0, 0.1) is 5.82 Å². The Morgan fingerprint density at radius 3 is 2.29 bits per heavy atom. The first-order chi connectivity index (χ1) is 16.7. The third-order valence-electron chi connectivity index (χ3n) is 5.35. The molecule has 0 saturated heterocycles. The number of carboxylic acids is 1. The fourth-order valence-corrected chi connectivity index (χ4v) is 3.61. The van der Waals surface area contributed by atoms with E-state index in [1.165, 1.54) is 12.1 Å². The zero-order valence-corrected chi connectivity index (χ0v) is 18.4. The second-order valence-corrected chi connectivity index (χ2v) is 7.65. The number of rotatable bonds is 7. The number of aromatic carboxylic acids is 1. The molecular formula is C26H19F4NO4. The van der Waals surface area contributed by atoms with Crippen molar-refractivity contribution in [3.63, 3.8) is 0 Å². The van der Waals surface area contributed by atoms with Crippen molar-refractivity contribution < 1.29 is 36.9 Å². The lowest BCUT2D eigenvalue weighted by atomic mass is 9.99. The molecule has 9 heteroatoms. The maximum Gasteiger partial charge on any atom is 0.416 e. The number of benzene rings is 3. The minimum absolute atomic E-state index is 0.0569. The van der Waals surface area contributed by atoms with E-state index in [4.69, 9.17) is 9.47 Å². The SMILES string of the molecule is COCCOc1ccc(-c2ccc(-c3cc(C(=O)O)c4cc(C(F)(F)F)ccc4n3)cc2F)cc1. The first kappa shape index (κ1) is 24.2. The Bertz CT molecular complexity index is 1380. The van der Waals surface area contributed by atoms with E-state index in [2.05, 4.69) is 4.98 Å². The minimum atomic E-state index is -4.63. The lowest BCUT2D eigenvalue weighted by Crippen LogP contribution is -2.06. The molecule has 0 atom stereocenters. The van der Waals surface area contributed by atoms with Gasteiger partial charge in [0, 0.05) is 23.6 Å². The fourth-order valence-electron chi connectivity index (χ4n) is 3.61. The molecule has 1 aromatic heterocycles. The number of pyridine rings is 1. The second kappa shape index (κ2) is 9.71. The third-order valence-corrected chi connectivity index (χ3v) is 5.35. The predicted octanol–water partition coefficient (Wildman–Crippen LogP) is 6.45. The van der Waals surface area contributed by atoms with Crippen LogP contribution in [-0.2, 0) is 10.9 Å². The summed E-state index contributed by atoms with van der Waals surface area (Å²) in [6.07, 6.45) is -4.63. The standard InChI is InChI=1S/C26H19F4NO4/c1-34-10-11-35-18-6-2-15(3-7-18)19-8-4-16(12-22(19)27)24-14-21(25(32)33)20-13-17(26(28,29)30)5-9-23(20)31-24/h2-9,12-14H,10-11H2,1H3,(H,32,33). The first-order valence-electron chi connectivity index (χ1n) is 10.4. The zero-order chi connectivity index (χ0) is 25.2. The van der Waals surface area contributed by atoms with Gasteiger partial charge < -0.3 is 14.6 Å². The van der Waals surface area contributed by atoms with Crippen molar-refractivity contribution in [3.8, 4) is 28.1 Å². The Morgan fingerprint density at radius 2 is 1.66 bits per heavy atom. The monoisotopic (exact) mass is 485 g/mol. The summed E-state index contributed by atoms with van der Waals surface area (Å²) in [5, 5.41) is 9.43. The van der Waals surface area contributed by atoms with Crippen molar-refractivity contribution in [1.82, 2.24) is 4.98 Å². The van der Waals surface area contributed by atoms with Gasteiger partial charge in [-0.05, 0) is 48.0 Å². The smallest absolute Gasteiger partial charge is 0.416 e. The van der Waals surface area contributed by atoms with Crippen LogP contribution in [0.5, 0.6) is 5.75 Å². The van der Waals surface area contributed by atoms with Gasteiger partial charge in [-0.2, -0.15) is 13.2 Å². The topological polar surface area (TPSA) is 68.7 Å². The number of nitrogens with zero attached hydrogens (tertiary/aromatic N) is 1. The highest BCUT2D eigenvalue weighted by atomic mass is 19.4. The summed E-state index contributed by atoms with van der Waals surface area (Å²) in [4.78, 5) is 16.1. The van der Waals surface area contributed by atoms with E-state index in [0.29, 0.717) is 30.1 Å². The number of hydrogen-bond donors (Lipinski definition) is 1. The van der Waals surface area contributed by atoms with Gasteiger partial charge in [0.15, 0.2) is 0 Å². The molecule has 4 aromatic rings. The molecule has 3 aromatic carbocycles. The first-order valence-corrected chi connectivity index (χ1v) is 10.4. The van der Waals surface area contributed by atoms with Crippen LogP contribution in [0.3, 0.4) is 0 Å². The van der Waals surface area contributed by atoms with E-state index in [0.717, 1.165) is 24.3 Å². The maximum atomic E-state index is 15.0. The Morgan fingerprint density at radius 1 is 0.943 bits per heavy atom. The van der Waals surface area contributed by atoms with Crippen LogP contribution in [0.25, 0.3) is 33.3 Å². The highest BCUT2D eigenvalue weighted by Gasteiger charge is 2.31. The molecule has 180 valence electrons. The molecule has 0 fully saturated rings. The number of ether oxygens (including phenoxy) is 2. The van der Waals surface area contributed by atoms with E-state index < -0.39 is 23.5 Å². The summed E-state index contributed by atoms with van der Waals surface area (Å²) >= 11 is 0. The van der Waals surface area contributed by atoms with Crippen LogP contribution in [0.15, 0.2) is 66.7 Å². The molecule has 0 amide bonds. The summed E-state index contributed by atoms with van der Waals surface area (Å²) in [5.74, 6) is -1.37.